The number of sulfonamides is 1. The van der Waals surface area contributed by atoms with Crippen molar-refractivity contribution in [3.8, 4) is 0 Å². The Hall–Kier alpha value is -1.12. The van der Waals surface area contributed by atoms with Crippen LogP contribution in [-0.2, 0) is 10.0 Å². The molecule has 0 aliphatic carbocycles. The maximum atomic E-state index is 13.5. The zero-order valence-electron chi connectivity index (χ0n) is 11.6. The summed E-state index contributed by atoms with van der Waals surface area (Å²) in [4.78, 5) is 1.46. The molecule has 118 valence electrons. The molecule has 0 spiro atoms. The van der Waals surface area contributed by atoms with Gasteiger partial charge in [0.05, 0.1) is 11.4 Å². The van der Waals surface area contributed by atoms with Crippen LogP contribution in [-0.4, -0.2) is 56.8 Å². The first-order valence-electron chi connectivity index (χ1n) is 6.58. The lowest BCUT2D eigenvalue weighted by Gasteiger charge is -2.33. The van der Waals surface area contributed by atoms with E-state index in [1.807, 2.05) is 0 Å². The molecule has 0 atom stereocenters. The fraction of sp³-hybridized carbons (Fsp3) is 0.538. The monoisotopic (exact) mass is 322 g/mol. The van der Waals surface area contributed by atoms with Gasteiger partial charge in [-0.15, -0.1) is 0 Å². The third kappa shape index (κ3) is 3.56. The quantitative estimate of drug-likeness (QED) is 0.847. The summed E-state index contributed by atoms with van der Waals surface area (Å²) < 4.78 is 64.3. The van der Waals surface area contributed by atoms with E-state index in [1.54, 1.807) is 0 Å². The third-order valence-electron chi connectivity index (χ3n) is 3.56. The van der Waals surface area contributed by atoms with E-state index >= 15 is 0 Å². The second-order valence-corrected chi connectivity index (χ2v) is 6.87. The highest BCUT2D eigenvalue weighted by Gasteiger charge is 2.30. The first-order chi connectivity index (χ1) is 9.82. The van der Waals surface area contributed by atoms with Crippen molar-refractivity contribution in [1.82, 2.24) is 9.21 Å². The standard InChI is InChI=1S/C13H17F3N2O2S/c1-10-11(14)3-2-4-12(10)21(19,20)18-7-5-17(6-8-18)9-13(15)16/h2-4,13H,5-9H2,1H3. The number of hydrogen-bond donors (Lipinski definition) is 0. The number of halogens is 3. The molecule has 1 aliphatic heterocycles. The van der Waals surface area contributed by atoms with Crippen LogP contribution in [0.1, 0.15) is 5.56 Å². The van der Waals surface area contributed by atoms with E-state index in [0.717, 1.165) is 0 Å². The second-order valence-electron chi connectivity index (χ2n) is 4.96. The topological polar surface area (TPSA) is 40.6 Å². The molecule has 8 heteroatoms. The van der Waals surface area contributed by atoms with Gasteiger partial charge in [-0.2, -0.15) is 4.31 Å². The van der Waals surface area contributed by atoms with E-state index < -0.39 is 22.3 Å². The van der Waals surface area contributed by atoms with Gasteiger partial charge in [0.2, 0.25) is 10.0 Å². The first kappa shape index (κ1) is 16.3. The normalized spacial score (nSPS) is 18.3. The molecule has 0 N–H and O–H groups in total. The molecule has 1 heterocycles. The van der Waals surface area contributed by atoms with E-state index in [9.17, 15) is 21.6 Å². The Morgan fingerprint density at radius 1 is 1.19 bits per heavy atom. The van der Waals surface area contributed by atoms with Crippen LogP contribution in [0, 0.1) is 12.7 Å². The van der Waals surface area contributed by atoms with Crippen LogP contribution in [0.25, 0.3) is 0 Å². The van der Waals surface area contributed by atoms with E-state index in [-0.39, 0.29) is 43.2 Å². The van der Waals surface area contributed by atoms with Crippen LogP contribution >= 0.6 is 0 Å². The summed E-state index contributed by atoms with van der Waals surface area (Å²) in [6.07, 6.45) is -2.43. The highest BCUT2D eigenvalue weighted by atomic mass is 32.2. The van der Waals surface area contributed by atoms with Gasteiger partial charge in [0.15, 0.2) is 0 Å². The molecule has 1 aromatic rings. The predicted octanol–water partition coefficient (Wildman–Crippen LogP) is 1.71. The van der Waals surface area contributed by atoms with Gasteiger partial charge in [-0.3, -0.25) is 4.90 Å². The largest absolute Gasteiger partial charge is 0.295 e. The minimum Gasteiger partial charge on any atom is -0.295 e. The smallest absolute Gasteiger partial charge is 0.251 e. The maximum Gasteiger partial charge on any atom is 0.251 e. The molecule has 1 aliphatic rings. The fourth-order valence-corrected chi connectivity index (χ4v) is 4.01. The summed E-state index contributed by atoms with van der Waals surface area (Å²) in [6.45, 7) is 1.81. The molecule has 0 radical (unpaired) electrons. The van der Waals surface area contributed by atoms with E-state index in [4.69, 9.17) is 0 Å². The minimum absolute atomic E-state index is 0.0650. The number of benzene rings is 1. The zero-order valence-corrected chi connectivity index (χ0v) is 12.4. The summed E-state index contributed by atoms with van der Waals surface area (Å²) in [7, 11) is -3.79. The molecule has 4 nitrogen and oxygen atoms in total. The number of piperazine rings is 1. The molecule has 1 aromatic carbocycles. The minimum atomic E-state index is -3.79. The van der Waals surface area contributed by atoms with Crippen LogP contribution < -0.4 is 0 Å². The Kier molecular flexibility index (Phi) is 4.90. The van der Waals surface area contributed by atoms with Gasteiger partial charge in [-0.25, -0.2) is 21.6 Å². The Morgan fingerprint density at radius 3 is 2.38 bits per heavy atom. The lowest BCUT2D eigenvalue weighted by atomic mass is 10.2. The molecule has 1 saturated heterocycles. The molecule has 0 bridgehead atoms. The average molecular weight is 322 g/mol. The SMILES string of the molecule is Cc1c(F)cccc1S(=O)(=O)N1CCN(CC(F)F)CC1. The van der Waals surface area contributed by atoms with Gasteiger partial charge in [-0.1, -0.05) is 6.07 Å². The number of alkyl halides is 2. The van der Waals surface area contributed by atoms with E-state index in [2.05, 4.69) is 0 Å². The summed E-state index contributed by atoms with van der Waals surface area (Å²) in [5.41, 5.74) is 0.0764. The van der Waals surface area contributed by atoms with E-state index in [1.165, 1.54) is 34.3 Å². The van der Waals surface area contributed by atoms with Crippen molar-refractivity contribution < 1.29 is 21.6 Å². The summed E-state index contributed by atoms with van der Waals surface area (Å²) in [5.74, 6) is -0.576. The molecule has 2 rings (SSSR count). The van der Waals surface area contributed by atoms with Gasteiger partial charge in [0.1, 0.15) is 5.82 Å². The van der Waals surface area contributed by atoms with Gasteiger partial charge in [0.25, 0.3) is 6.43 Å². The van der Waals surface area contributed by atoms with Crippen molar-refractivity contribution in [3.63, 3.8) is 0 Å². The van der Waals surface area contributed by atoms with Crippen molar-refractivity contribution in [2.45, 2.75) is 18.2 Å². The molecule has 0 saturated carbocycles. The molecule has 1 fully saturated rings. The highest BCUT2D eigenvalue weighted by molar-refractivity contribution is 7.89. The zero-order chi connectivity index (χ0) is 15.6. The Bertz CT molecular complexity index is 599. The van der Waals surface area contributed by atoms with Crippen molar-refractivity contribution in [3.05, 3.63) is 29.6 Å². The first-order valence-corrected chi connectivity index (χ1v) is 8.02. The molecular weight excluding hydrogens is 305 g/mol. The highest BCUT2D eigenvalue weighted by Crippen LogP contribution is 2.23. The summed E-state index contributed by atoms with van der Waals surface area (Å²) >= 11 is 0. The van der Waals surface area contributed by atoms with E-state index in [0.29, 0.717) is 0 Å². The van der Waals surface area contributed by atoms with Crippen LogP contribution in [0.3, 0.4) is 0 Å². The van der Waals surface area contributed by atoms with Gasteiger partial charge in [-0.05, 0) is 19.1 Å². The van der Waals surface area contributed by atoms with Crippen molar-refractivity contribution in [2.24, 2.45) is 0 Å². The predicted molar refractivity (Wildman–Crippen MR) is 72.3 cm³/mol. The number of hydrogen-bond acceptors (Lipinski definition) is 3. The number of nitrogens with zero attached hydrogens (tertiary/aromatic N) is 2. The van der Waals surface area contributed by atoms with Crippen molar-refractivity contribution in [2.75, 3.05) is 32.7 Å². The van der Waals surface area contributed by atoms with Crippen LogP contribution in [0.4, 0.5) is 13.2 Å². The second kappa shape index (κ2) is 6.33. The third-order valence-corrected chi connectivity index (χ3v) is 5.61. The Labute approximate surface area is 122 Å². The van der Waals surface area contributed by atoms with Gasteiger partial charge < -0.3 is 0 Å². The van der Waals surface area contributed by atoms with Crippen LogP contribution in [0.2, 0.25) is 0 Å². The van der Waals surface area contributed by atoms with Gasteiger partial charge >= 0.3 is 0 Å². The summed E-state index contributed by atoms with van der Waals surface area (Å²) in [6, 6.07) is 3.91. The molecular formula is C13H17F3N2O2S. The van der Waals surface area contributed by atoms with Crippen molar-refractivity contribution in [1.29, 1.82) is 0 Å². The maximum absolute atomic E-state index is 13.5. The van der Waals surface area contributed by atoms with Crippen LogP contribution in [0.15, 0.2) is 23.1 Å². The molecule has 0 unspecified atom stereocenters. The summed E-state index contributed by atoms with van der Waals surface area (Å²) in [5, 5.41) is 0. The van der Waals surface area contributed by atoms with Crippen LogP contribution in [0.5, 0.6) is 0 Å². The Balaban J connectivity index is 2.13. The molecule has 0 amide bonds. The molecule has 21 heavy (non-hydrogen) atoms. The lowest BCUT2D eigenvalue weighted by Crippen LogP contribution is -2.49. The lowest BCUT2D eigenvalue weighted by molar-refractivity contribution is 0.0716. The van der Waals surface area contributed by atoms with Gasteiger partial charge in [0, 0.05) is 31.7 Å². The van der Waals surface area contributed by atoms with Crippen molar-refractivity contribution >= 4 is 10.0 Å². The molecule has 0 aromatic heterocycles. The fourth-order valence-electron chi connectivity index (χ4n) is 2.35. The Morgan fingerprint density at radius 2 is 1.81 bits per heavy atom. The average Bonchev–Trinajstić information content (AvgIpc) is 2.41. The number of rotatable bonds is 4.